The molecule has 1 fully saturated rings. The Hall–Kier alpha value is -2.49. The molecule has 0 spiro atoms. The molecule has 33 heavy (non-hydrogen) atoms. The van der Waals surface area contributed by atoms with Crippen LogP contribution in [0.3, 0.4) is 0 Å². The van der Waals surface area contributed by atoms with Gasteiger partial charge >= 0.3 is 5.69 Å². The zero-order valence-corrected chi connectivity index (χ0v) is 19.9. The van der Waals surface area contributed by atoms with Crippen molar-refractivity contribution in [2.45, 2.75) is 52.0 Å². The number of imide groups is 1. The lowest BCUT2D eigenvalue weighted by atomic mass is 9.96. The van der Waals surface area contributed by atoms with E-state index in [9.17, 15) is 14.4 Å². The van der Waals surface area contributed by atoms with Gasteiger partial charge in [-0.05, 0) is 49.9 Å². The monoisotopic (exact) mass is 460 g/mol. The van der Waals surface area contributed by atoms with Crippen molar-refractivity contribution in [3.63, 3.8) is 0 Å². The molecule has 9 nitrogen and oxygen atoms in total. The van der Waals surface area contributed by atoms with Gasteiger partial charge in [-0.2, -0.15) is 0 Å². The van der Waals surface area contributed by atoms with E-state index in [1.165, 1.54) is 4.57 Å². The highest BCUT2D eigenvalue weighted by molar-refractivity contribution is 6.00. The highest BCUT2D eigenvalue weighted by atomic mass is 16.5. The number of nitrogens with two attached hydrogens (primary N) is 1. The zero-order valence-electron chi connectivity index (χ0n) is 19.9. The summed E-state index contributed by atoms with van der Waals surface area (Å²) >= 11 is 0. The number of hydrogen-bond acceptors (Lipinski definition) is 6. The Morgan fingerprint density at radius 1 is 1.09 bits per heavy atom. The third kappa shape index (κ3) is 6.31. The van der Waals surface area contributed by atoms with Crippen molar-refractivity contribution >= 4 is 22.8 Å². The maximum atomic E-state index is 12.9. The lowest BCUT2D eigenvalue weighted by Gasteiger charge is -2.24. The molecule has 2 heterocycles. The number of fused-ring (bicyclic) bond motifs is 1. The molecule has 0 saturated carbocycles. The zero-order chi connectivity index (χ0) is 24.0. The molecule has 3 rings (SSSR count). The van der Waals surface area contributed by atoms with Crippen molar-refractivity contribution < 1.29 is 19.1 Å². The molecule has 1 aliphatic rings. The summed E-state index contributed by atoms with van der Waals surface area (Å²) in [6, 6.07) is 5.20. The number of carbonyl (C=O) groups excluding carboxylic acids is 2. The number of carbonyl (C=O) groups is 2. The highest BCUT2D eigenvalue weighted by Gasteiger charge is 2.31. The van der Waals surface area contributed by atoms with E-state index in [1.54, 1.807) is 11.6 Å². The summed E-state index contributed by atoms with van der Waals surface area (Å²) < 4.78 is 14.6. The average Bonchev–Trinajstić information content (AvgIpc) is 3.01. The van der Waals surface area contributed by atoms with E-state index in [2.05, 4.69) is 19.2 Å². The van der Waals surface area contributed by atoms with Gasteiger partial charge in [-0.1, -0.05) is 19.9 Å². The molecule has 1 aromatic carbocycles. The predicted octanol–water partition coefficient (Wildman–Crippen LogP) is 1.66. The third-order valence-corrected chi connectivity index (χ3v) is 5.91. The van der Waals surface area contributed by atoms with Crippen molar-refractivity contribution in [2.75, 3.05) is 33.0 Å². The molecule has 2 aromatic rings. The Kier molecular flexibility index (Phi) is 8.45. The van der Waals surface area contributed by atoms with E-state index < -0.39 is 11.9 Å². The molecule has 1 unspecified atom stereocenters. The minimum Gasteiger partial charge on any atom is -0.381 e. The summed E-state index contributed by atoms with van der Waals surface area (Å²) in [5.41, 5.74) is 7.76. The van der Waals surface area contributed by atoms with Crippen LogP contribution in [0.2, 0.25) is 0 Å². The number of aryl methyl sites for hydroxylation is 2. The molecule has 1 aliphatic heterocycles. The first-order valence-corrected chi connectivity index (χ1v) is 11.6. The number of piperidine rings is 1. The van der Waals surface area contributed by atoms with E-state index in [0.29, 0.717) is 44.9 Å². The number of aromatic nitrogens is 2. The normalized spacial score (nSPS) is 17.0. The quantitative estimate of drug-likeness (QED) is 0.367. The molecule has 0 radical (unpaired) electrons. The van der Waals surface area contributed by atoms with Crippen molar-refractivity contribution in [1.29, 1.82) is 0 Å². The summed E-state index contributed by atoms with van der Waals surface area (Å²) in [6.07, 6.45) is 3.10. The number of hydrogen-bond donors (Lipinski definition) is 2. The van der Waals surface area contributed by atoms with Gasteiger partial charge < -0.3 is 15.2 Å². The third-order valence-electron chi connectivity index (χ3n) is 5.91. The summed E-state index contributed by atoms with van der Waals surface area (Å²) in [6.45, 7) is 7.46. The second-order valence-electron chi connectivity index (χ2n) is 9.52. The Bertz CT molecular complexity index is 1040. The second-order valence-corrected chi connectivity index (χ2v) is 9.52. The smallest absolute Gasteiger partial charge is 0.329 e. The molecule has 1 atom stereocenters. The van der Waals surface area contributed by atoms with Crippen LogP contribution >= 0.6 is 0 Å². The van der Waals surface area contributed by atoms with Crippen molar-refractivity contribution in [2.24, 2.45) is 18.2 Å². The lowest BCUT2D eigenvalue weighted by Crippen LogP contribution is -2.44. The number of ether oxygens (including phenoxy) is 2. The summed E-state index contributed by atoms with van der Waals surface area (Å²) in [5, 5.41) is 2.33. The largest absolute Gasteiger partial charge is 0.381 e. The van der Waals surface area contributed by atoms with E-state index in [-0.39, 0.29) is 23.4 Å². The molecule has 0 aliphatic carbocycles. The predicted molar refractivity (Wildman–Crippen MR) is 126 cm³/mol. The van der Waals surface area contributed by atoms with E-state index in [0.717, 1.165) is 30.3 Å². The minimum absolute atomic E-state index is 0.0509. The van der Waals surface area contributed by atoms with Crippen LogP contribution < -0.4 is 16.7 Å². The minimum atomic E-state index is -0.666. The van der Waals surface area contributed by atoms with Crippen LogP contribution in [0.25, 0.3) is 11.0 Å². The van der Waals surface area contributed by atoms with Gasteiger partial charge in [0.05, 0.1) is 24.2 Å². The fourth-order valence-corrected chi connectivity index (χ4v) is 4.10. The topological polar surface area (TPSA) is 118 Å². The van der Waals surface area contributed by atoms with Crippen molar-refractivity contribution in [3.8, 4) is 0 Å². The first kappa shape index (κ1) is 25.1. The van der Waals surface area contributed by atoms with Crippen LogP contribution in [0.5, 0.6) is 0 Å². The molecule has 1 saturated heterocycles. The van der Waals surface area contributed by atoms with Gasteiger partial charge in [0, 0.05) is 32.1 Å². The van der Waals surface area contributed by atoms with Crippen molar-refractivity contribution in [1.82, 2.24) is 14.5 Å². The molecular formula is C24H36N4O5. The molecule has 3 N–H and O–H groups in total. The average molecular weight is 461 g/mol. The van der Waals surface area contributed by atoms with Crippen LogP contribution in [-0.2, 0) is 32.5 Å². The van der Waals surface area contributed by atoms with Crippen molar-refractivity contribution in [3.05, 3.63) is 34.2 Å². The van der Waals surface area contributed by atoms with Gasteiger partial charge in [-0.15, -0.1) is 0 Å². The van der Waals surface area contributed by atoms with Crippen LogP contribution in [-0.4, -0.2) is 53.9 Å². The van der Waals surface area contributed by atoms with Gasteiger partial charge in [-0.25, -0.2) is 4.79 Å². The van der Waals surface area contributed by atoms with E-state index in [1.807, 2.05) is 18.2 Å². The van der Waals surface area contributed by atoms with Gasteiger partial charge in [0.1, 0.15) is 6.04 Å². The highest BCUT2D eigenvalue weighted by Crippen LogP contribution is 2.24. The van der Waals surface area contributed by atoms with E-state index in [4.69, 9.17) is 15.2 Å². The fourth-order valence-electron chi connectivity index (χ4n) is 4.10. The van der Waals surface area contributed by atoms with Crippen LogP contribution in [0.4, 0.5) is 0 Å². The van der Waals surface area contributed by atoms with Gasteiger partial charge in [0.2, 0.25) is 11.8 Å². The van der Waals surface area contributed by atoms with Crippen LogP contribution in [0.1, 0.15) is 51.1 Å². The number of benzene rings is 1. The molecule has 9 heteroatoms. The number of rotatable bonds is 12. The van der Waals surface area contributed by atoms with Crippen LogP contribution in [0.15, 0.2) is 23.0 Å². The Balaban J connectivity index is 1.56. The molecule has 182 valence electrons. The first-order valence-electron chi connectivity index (χ1n) is 11.6. The number of nitrogens with one attached hydrogen (secondary N) is 1. The Morgan fingerprint density at radius 3 is 2.45 bits per heavy atom. The lowest BCUT2D eigenvalue weighted by molar-refractivity contribution is -0.135. The summed E-state index contributed by atoms with van der Waals surface area (Å²) in [7, 11) is 1.71. The number of nitrogens with zero attached hydrogens (tertiary/aromatic N) is 2. The van der Waals surface area contributed by atoms with E-state index >= 15 is 0 Å². The maximum Gasteiger partial charge on any atom is 0.329 e. The second kappa shape index (κ2) is 11.1. The van der Waals surface area contributed by atoms with Gasteiger partial charge in [0.25, 0.3) is 0 Å². The standard InChI is InChI=1S/C24H36N4O5/c1-24(2,16-33-13-5-11-25)15-32-12-4-6-17-7-8-18-20(14-17)27(3)23(31)28(18)19-9-10-21(29)26-22(19)30/h7-8,14,19H,4-6,9-13,15-16,25H2,1-3H3,(H,26,29,30). The molecule has 0 bridgehead atoms. The van der Waals surface area contributed by atoms with Gasteiger partial charge in [0.15, 0.2) is 0 Å². The molecule has 2 amide bonds. The molecular weight excluding hydrogens is 424 g/mol. The summed E-state index contributed by atoms with van der Waals surface area (Å²) in [4.78, 5) is 36.6. The Morgan fingerprint density at radius 2 is 1.79 bits per heavy atom. The molecule has 1 aromatic heterocycles. The summed E-state index contributed by atoms with van der Waals surface area (Å²) in [5.74, 6) is -0.716. The Labute approximate surface area is 194 Å². The fraction of sp³-hybridized carbons (Fsp3) is 0.625. The number of amides is 2. The van der Waals surface area contributed by atoms with Gasteiger partial charge in [-0.3, -0.25) is 24.0 Å². The maximum absolute atomic E-state index is 12.9. The SMILES string of the molecule is Cn1c(=O)n(C2CCC(=O)NC2=O)c2ccc(CCCOCC(C)(C)COCCCN)cc21. The van der Waals surface area contributed by atoms with Crippen LogP contribution in [0, 0.1) is 5.41 Å². The number of imidazole rings is 1. The first-order chi connectivity index (χ1) is 15.7.